The molecule has 0 aromatic carbocycles. The van der Waals surface area contributed by atoms with E-state index in [-0.39, 0.29) is 0 Å². The zero-order chi connectivity index (χ0) is 9.71. The molecule has 3 aromatic rings. The smallest absolute Gasteiger partial charge is 0.158 e. The normalized spacial score (nSPS) is 11.6. The molecule has 3 aromatic heterocycles. The molecule has 3 rings (SSSR count). The molecule has 0 aliphatic heterocycles. The van der Waals surface area contributed by atoms with Crippen LogP contribution in [0.3, 0.4) is 0 Å². The van der Waals surface area contributed by atoms with Crippen molar-refractivity contribution in [3.05, 3.63) is 23.5 Å². The molecule has 4 heteroatoms. The van der Waals surface area contributed by atoms with E-state index in [1.165, 1.54) is 0 Å². The van der Waals surface area contributed by atoms with Gasteiger partial charge in [0.1, 0.15) is 11.0 Å². The van der Waals surface area contributed by atoms with E-state index in [0.717, 1.165) is 33.7 Å². The Labute approximate surface area is 80.4 Å². The lowest BCUT2D eigenvalue weighted by Gasteiger charge is -1.89. The number of hydrogen-bond acceptors (Lipinski definition) is 2. The van der Waals surface area contributed by atoms with Crippen LogP contribution >= 0.6 is 0 Å². The average molecular weight is 186 g/mol. The van der Waals surface area contributed by atoms with Crippen molar-refractivity contribution in [1.29, 1.82) is 0 Å². The van der Waals surface area contributed by atoms with Gasteiger partial charge in [0.15, 0.2) is 11.3 Å². The Morgan fingerprint density at radius 1 is 0.857 bits per heavy atom. The van der Waals surface area contributed by atoms with Crippen LogP contribution < -0.4 is 0 Å². The molecule has 0 fully saturated rings. The van der Waals surface area contributed by atoms with Crippen molar-refractivity contribution >= 4 is 22.3 Å². The second kappa shape index (κ2) is 2.35. The molecule has 0 saturated carbocycles. The Morgan fingerprint density at radius 3 is 1.86 bits per heavy atom. The summed E-state index contributed by atoms with van der Waals surface area (Å²) in [5.41, 5.74) is 5.71. The molecule has 0 amide bonds. The van der Waals surface area contributed by atoms with E-state index in [1.54, 1.807) is 0 Å². The summed E-state index contributed by atoms with van der Waals surface area (Å²) in [5.74, 6) is 0. The first kappa shape index (κ1) is 7.55. The fraction of sp³-hybridized carbons (Fsp3) is 0.200. The molecular weight excluding hydrogens is 176 g/mol. The first-order valence-electron chi connectivity index (χ1n) is 4.55. The van der Waals surface area contributed by atoms with Crippen LogP contribution in [0.1, 0.15) is 11.4 Å². The molecule has 4 nitrogen and oxygen atoms in total. The molecule has 0 atom stereocenters. The van der Waals surface area contributed by atoms with E-state index in [4.69, 9.17) is 0 Å². The van der Waals surface area contributed by atoms with Gasteiger partial charge in [-0.25, -0.2) is 9.97 Å². The van der Waals surface area contributed by atoms with Gasteiger partial charge in [-0.2, -0.15) is 0 Å². The predicted octanol–water partition coefficient (Wildman–Crippen LogP) is 2.06. The highest BCUT2D eigenvalue weighted by Crippen LogP contribution is 2.16. The van der Waals surface area contributed by atoms with Gasteiger partial charge in [-0.05, 0) is 26.0 Å². The highest BCUT2D eigenvalue weighted by molar-refractivity contribution is 5.83. The Kier molecular flexibility index (Phi) is 1.27. The number of aryl methyl sites for hydroxylation is 2. The number of aromatic nitrogens is 4. The van der Waals surface area contributed by atoms with Gasteiger partial charge in [-0.1, -0.05) is 0 Å². The van der Waals surface area contributed by atoms with Crippen molar-refractivity contribution in [2.75, 3.05) is 0 Å². The summed E-state index contributed by atoms with van der Waals surface area (Å²) in [5, 5.41) is 0. The lowest BCUT2D eigenvalue weighted by molar-refractivity contribution is 1.23. The zero-order valence-corrected chi connectivity index (χ0v) is 8.05. The lowest BCUT2D eigenvalue weighted by Crippen LogP contribution is -1.82. The number of nitrogens with zero attached hydrogens (tertiary/aromatic N) is 2. The Bertz CT molecular complexity index is 515. The maximum absolute atomic E-state index is 4.49. The third-order valence-electron chi connectivity index (χ3n) is 2.29. The molecule has 0 radical (unpaired) electrons. The van der Waals surface area contributed by atoms with Gasteiger partial charge in [-0.3, -0.25) is 0 Å². The van der Waals surface area contributed by atoms with Gasteiger partial charge in [0.05, 0.1) is 0 Å². The Balaban J connectivity index is 2.49. The van der Waals surface area contributed by atoms with E-state index >= 15 is 0 Å². The number of hydrogen-bond donors (Lipinski definition) is 2. The molecule has 0 aliphatic rings. The van der Waals surface area contributed by atoms with Crippen LogP contribution in [0.2, 0.25) is 0 Å². The fourth-order valence-corrected chi connectivity index (χ4v) is 1.70. The van der Waals surface area contributed by atoms with Gasteiger partial charge in [0.25, 0.3) is 0 Å². The Hall–Kier alpha value is -1.84. The summed E-state index contributed by atoms with van der Waals surface area (Å²) < 4.78 is 0. The van der Waals surface area contributed by atoms with Gasteiger partial charge >= 0.3 is 0 Å². The van der Waals surface area contributed by atoms with Crippen molar-refractivity contribution < 1.29 is 0 Å². The minimum absolute atomic E-state index is 0.844. The van der Waals surface area contributed by atoms with Crippen LogP contribution in [-0.4, -0.2) is 19.9 Å². The van der Waals surface area contributed by atoms with Gasteiger partial charge < -0.3 is 9.97 Å². The van der Waals surface area contributed by atoms with Crippen LogP contribution in [0.5, 0.6) is 0 Å². The van der Waals surface area contributed by atoms with Gasteiger partial charge in [0.2, 0.25) is 0 Å². The SMILES string of the molecule is Cc1cc2nc3cc(C)[nH]c3nc2[nH]1. The van der Waals surface area contributed by atoms with Gasteiger partial charge in [-0.15, -0.1) is 0 Å². The lowest BCUT2D eigenvalue weighted by atomic mass is 10.4. The predicted molar refractivity (Wildman–Crippen MR) is 55.2 cm³/mol. The number of H-pyrrole nitrogens is 2. The maximum atomic E-state index is 4.49. The molecule has 0 unspecified atom stereocenters. The third kappa shape index (κ3) is 0.937. The highest BCUT2D eigenvalue weighted by atomic mass is 15.0. The first-order chi connectivity index (χ1) is 6.72. The summed E-state index contributed by atoms with van der Waals surface area (Å²) in [6.45, 7) is 4.01. The Morgan fingerprint density at radius 2 is 1.36 bits per heavy atom. The van der Waals surface area contributed by atoms with Crippen LogP contribution in [0, 0.1) is 13.8 Å². The quantitative estimate of drug-likeness (QED) is 0.564. The van der Waals surface area contributed by atoms with Crippen molar-refractivity contribution in [3.63, 3.8) is 0 Å². The molecule has 0 saturated heterocycles. The van der Waals surface area contributed by atoms with E-state index < -0.39 is 0 Å². The van der Waals surface area contributed by atoms with Crippen molar-refractivity contribution in [3.8, 4) is 0 Å². The van der Waals surface area contributed by atoms with Crippen molar-refractivity contribution in [1.82, 2.24) is 19.9 Å². The largest absolute Gasteiger partial charge is 0.342 e. The molecular formula is C10H10N4. The molecule has 0 spiro atoms. The third-order valence-corrected chi connectivity index (χ3v) is 2.29. The van der Waals surface area contributed by atoms with Crippen LogP contribution in [0.4, 0.5) is 0 Å². The summed E-state index contributed by atoms with van der Waals surface area (Å²) in [4.78, 5) is 15.3. The minimum atomic E-state index is 0.844. The number of rotatable bonds is 0. The molecule has 0 bridgehead atoms. The number of aromatic amines is 2. The highest BCUT2D eigenvalue weighted by Gasteiger charge is 2.05. The monoisotopic (exact) mass is 186 g/mol. The van der Waals surface area contributed by atoms with E-state index in [2.05, 4.69) is 19.9 Å². The summed E-state index contributed by atoms with van der Waals surface area (Å²) in [7, 11) is 0. The van der Waals surface area contributed by atoms with Crippen LogP contribution in [0.25, 0.3) is 22.3 Å². The molecule has 14 heavy (non-hydrogen) atoms. The average Bonchev–Trinajstić information content (AvgIpc) is 2.59. The van der Waals surface area contributed by atoms with Crippen molar-refractivity contribution in [2.45, 2.75) is 13.8 Å². The van der Waals surface area contributed by atoms with E-state index in [9.17, 15) is 0 Å². The topological polar surface area (TPSA) is 57.4 Å². The fourth-order valence-electron chi connectivity index (χ4n) is 1.70. The van der Waals surface area contributed by atoms with Crippen LogP contribution in [-0.2, 0) is 0 Å². The maximum Gasteiger partial charge on any atom is 0.158 e. The van der Waals surface area contributed by atoms with Gasteiger partial charge in [0, 0.05) is 11.4 Å². The number of fused-ring (bicyclic) bond motifs is 2. The summed E-state index contributed by atoms with van der Waals surface area (Å²) >= 11 is 0. The minimum Gasteiger partial charge on any atom is -0.342 e. The van der Waals surface area contributed by atoms with Crippen LogP contribution in [0.15, 0.2) is 12.1 Å². The standard InChI is InChI=1S/C10H10N4/c1-5-3-7-9(11-5)14-10-8(13-7)4-6(2)12-10/h3-4H,1-2H3,(H2,11,12,14). The molecule has 3 heterocycles. The number of nitrogens with one attached hydrogen (secondary N) is 2. The zero-order valence-electron chi connectivity index (χ0n) is 8.05. The second-order valence-corrected chi connectivity index (χ2v) is 3.60. The summed E-state index contributed by atoms with van der Waals surface area (Å²) in [6, 6.07) is 4.01. The van der Waals surface area contributed by atoms with Crippen molar-refractivity contribution in [2.24, 2.45) is 0 Å². The molecule has 70 valence electrons. The molecule has 0 aliphatic carbocycles. The second-order valence-electron chi connectivity index (χ2n) is 3.60. The first-order valence-corrected chi connectivity index (χ1v) is 4.55. The summed E-state index contributed by atoms with van der Waals surface area (Å²) in [6.07, 6.45) is 0. The molecule has 2 N–H and O–H groups in total. The van der Waals surface area contributed by atoms with E-state index in [0.29, 0.717) is 0 Å². The van der Waals surface area contributed by atoms with E-state index in [1.807, 2.05) is 26.0 Å².